The van der Waals surface area contributed by atoms with E-state index in [9.17, 15) is 4.79 Å². The van der Waals surface area contributed by atoms with Gasteiger partial charge in [-0.1, -0.05) is 50.8 Å². The van der Waals surface area contributed by atoms with Crippen LogP contribution < -0.4 is 10.2 Å². The van der Waals surface area contributed by atoms with E-state index < -0.39 is 5.60 Å². The Hall–Kier alpha value is -2.20. The van der Waals surface area contributed by atoms with Crippen LogP contribution in [0.3, 0.4) is 0 Å². The fourth-order valence-corrected chi connectivity index (χ4v) is 5.28. The first-order chi connectivity index (χ1) is 15.5. The SMILES string of the molecule is CC(C)CN(c1ccc(C2(OC=O)CCC2)cc1Nc1ccc(Cl)cc1)C1CCCCC1. The standard InChI is InChI=1S/C27H35ClN2O2/c1-20(2)18-30(24-7-4-3-5-8-24)26-14-9-21(27(32-19-31)15-6-16-27)17-25(26)29-23-12-10-22(28)11-13-23/h9-14,17,19-20,24,29H,3-8,15-16,18H2,1-2H3. The topological polar surface area (TPSA) is 41.6 Å². The summed E-state index contributed by atoms with van der Waals surface area (Å²) in [6.45, 7) is 6.21. The Morgan fingerprint density at radius 3 is 2.41 bits per heavy atom. The van der Waals surface area contributed by atoms with Crippen LogP contribution in [-0.2, 0) is 15.1 Å². The number of anilines is 3. The number of ether oxygens (including phenoxy) is 1. The Balaban J connectivity index is 1.74. The highest BCUT2D eigenvalue weighted by Crippen LogP contribution is 2.47. The molecule has 0 radical (unpaired) electrons. The highest BCUT2D eigenvalue weighted by molar-refractivity contribution is 6.30. The van der Waals surface area contributed by atoms with Crippen LogP contribution in [0.25, 0.3) is 0 Å². The van der Waals surface area contributed by atoms with E-state index in [0.717, 1.165) is 47.8 Å². The summed E-state index contributed by atoms with van der Waals surface area (Å²) < 4.78 is 5.61. The van der Waals surface area contributed by atoms with Crippen LogP contribution in [-0.4, -0.2) is 19.1 Å². The lowest BCUT2D eigenvalue weighted by atomic mass is 9.74. The fraction of sp³-hybridized carbons (Fsp3) is 0.519. The Bertz CT molecular complexity index is 902. The molecule has 0 bridgehead atoms. The summed E-state index contributed by atoms with van der Waals surface area (Å²) in [6.07, 6.45) is 9.26. The van der Waals surface area contributed by atoms with E-state index >= 15 is 0 Å². The van der Waals surface area contributed by atoms with Crippen molar-refractivity contribution in [3.05, 3.63) is 53.1 Å². The minimum Gasteiger partial charge on any atom is -0.456 e. The average Bonchev–Trinajstić information content (AvgIpc) is 2.77. The number of nitrogens with one attached hydrogen (secondary N) is 1. The van der Waals surface area contributed by atoms with E-state index in [-0.39, 0.29) is 0 Å². The van der Waals surface area contributed by atoms with E-state index in [0.29, 0.717) is 18.4 Å². The fourth-order valence-electron chi connectivity index (χ4n) is 5.15. The molecule has 0 spiro atoms. The zero-order valence-corrected chi connectivity index (χ0v) is 20.0. The van der Waals surface area contributed by atoms with Crippen molar-refractivity contribution >= 4 is 35.1 Å². The smallest absolute Gasteiger partial charge is 0.293 e. The van der Waals surface area contributed by atoms with Gasteiger partial charge in [-0.25, -0.2) is 0 Å². The van der Waals surface area contributed by atoms with Gasteiger partial charge < -0.3 is 15.0 Å². The second-order valence-corrected chi connectivity index (χ2v) is 10.2. The Kier molecular flexibility index (Phi) is 7.30. The van der Waals surface area contributed by atoms with Gasteiger partial charge in [-0.2, -0.15) is 0 Å². The van der Waals surface area contributed by atoms with E-state index in [4.69, 9.17) is 16.3 Å². The van der Waals surface area contributed by atoms with Gasteiger partial charge in [0, 0.05) is 23.3 Å². The van der Waals surface area contributed by atoms with Crippen molar-refractivity contribution in [2.75, 3.05) is 16.8 Å². The van der Waals surface area contributed by atoms with Crippen molar-refractivity contribution in [1.82, 2.24) is 0 Å². The summed E-state index contributed by atoms with van der Waals surface area (Å²) in [5.74, 6) is 0.566. The van der Waals surface area contributed by atoms with Gasteiger partial charge in [-0.3, -0.25) is 4.79 Å². The zero-order valence-electron chi connectivity index (χ0n) is 19.3. The molecule has 2 aromatic rings. The minimum atomic E-state index is -0.482. The molecular weight excluding hydrogens is 420 g/mol. The summed E-state index contributed by atoms with van der Waals surface area (Å²) in [7, 11) is 0. The van der Waals surface area contributed by atoms with E-state index in [2.05, 4.69) is 42.3 Å². The Morgan fingerprint density at radius 1 is 1.09 bits per heavy atom. The lowest BCUT2D eigenvalue weighted by Gasteiger charge is -2.42. The van der Waals surface area contributed by atoms with Crippen LogP contribution in [0.2, 0.25) is 5.02 Å². The van der Waals surface area contributed by atoms with Crippen LogP contribution in [0.5, 0.6) is 0 Å². The molecule has 32 heavy (non-hydrogen) atoms. The molecule has 2 aromatic carbocycles. The summed E-state index contributed by atoms with van der Waals surface area (Å²) in [4.78, 5) is 13.8. The van der Waals surface area contributed by atoms with E-state index in [1.165, 1.54) is 37.8 Å². The number of halogens is 1. The van der Waals surface area contributed by atoms with Crippen LogP contribution in [0.15, 0.2) is 42.5 Å². The van der Waals surface area contributed by atoms with Gasteiger partial charge in [0.15, 0.2) is 0 Å². The molecule has 0 atom stereocenters. The molecule has 4 nitrogen and oxygen atoms in total. The van der Waals surface area contributed by atoms with Crippen LogP contribution >= 0.6 is 11.6 Å². The van der Waals surface area contributed by atoms with Crippen LogP contribution in [0, 0.1) is 5.92 Å². The largest absolute Gasteiger partial charge is 0.456 e. The summed E-state index contributed by atoms with van der Waals surface area (Å²) in [5.41, 5.74) is 3.88. The third-order valence-corrected chi connectivity index (χ3v) is 7.22. The predicted octanol–water partition coefficient (Wildman–Crippen LogP) is 7.43. The van der Waals surface area contributed by atoms with Crippen molar-refractivity contribution in [3.8, 4) is 0 Å². The molecule has 172 valence electrons. The Morgan fingerprint density at radius 2 is 1.81 bits per heavy atom. The number of benzene rings is 2. The van der Waals surface area contributed by atoms with Gasteiger partial charge in [0.25, 0.3) is 6.47 Å². The third kappa shape index (κ3) is 5.06. The minimum absolute atomic E-state index is 0.482. The molecule has 2 aliphatic carbocycles. The van der Waals surface area contributed by atoms with Gasteiger partial charge in [0.2, 0.25) is 0 Å². The molecule has 0 heterocycles. The molecule has 0 aromatic heterocycles. The second kappa shape index (κ2) is 10.2. The van der Waals surface area contributed by atoms with Crippen molar-refractivity contribution in [3.63, 3.8) is 0 Å². The van der Waals surface area contributed by atoms with Crippen LogP contribution in [0.4, 0.5) is 17.1 Å². The highest BCUT2D eigenvalue weighted by atomic mass is 35.5. The first kappa shape index (κ1) is 23.0. The second-order valence-electron chi connectivity index (χ2n) is 9.76. The monoisotopic (exact) mass is 454 g/mol. The van der Waals surface area contributed by atoms with E-state index in [1.807, 2.05) is 24.3 Å². The molecule has 0 saturated heterocycles. The zero-order chi connectivity index (χ0) is 22.6. The third-order valence-electron chi connectivity index (χ3n) is 6.97. The van der Waals surface area contributed by atoms with Crippen molar-refractivity contribution in [1.29, 1.82) is 0 Å². The highest BCUT2D eigenvalue weighted by Gasteiger charge is 2.41. The van der Waals surface area contributed by atoms with E-state index in [1.54, 1.807) is 0 Å². The molecule has 4 rings (SSSR count). The quantitative estimate of drug-likeness (QED) is 0.400. The van der Waals surface area contributed by atoms with Gasteiger partial charge in [0.05, 0.1) is 11.4 Å². The maximum atomic E-state index is 11.2. The lowest BCUT2D eigenvalue weighted by molar-refractivity contribution is -0.155. The molecule has 5 heteroatoms. The summed E-state index contributed by atoms with van der Waals surface area (Å²) in [6, 6.07) is 15.0. The molecular formula is C27H35ClN2O2. The Labute approximate surface area is 197 Å². The molecule has 2 saturated carbocycles. The van der Waals surface area contributed by atoms with Gasteiger partial charge in [-0.15, -0.1) is 0 Å². The van der Waals surface area contributed by atoms with Gasteiger partial charge in [-0.05, 0) is 80.0 Å². The maximum Gasteiger partial charge on any atom is 0.293 e. The number of carbonyl (C=O) groups excluding carboxylic acids is 1. The number of carbonyl (C=O) groups is 1. The van der Waals surface area contributed by atoms with Gasteiger partial charge in [0.1, 0.15) is 5.60 Å². The first-order valence-electron chi connectivity index (χ1n) is 12.1. The predicted molar refractivity (Wildman–Crippen MR) is 133 cm³/mol. The summed E-state index contributed by atoms with van der Waals surface area (Å²) in [5, 5.41) is 4.37. The molecule has 1 N–H and O–H groups in total. The van der Waals surface area contributed by atoms with Crippen molar-refractivity contribution < 1.29 is 9.53 Å². The van der Waals surface area contributed by atoms with Crippen molar-refractivity contribution in [2.24, 2.45) is 5.92 Å². The number of rotatable bonds is 9. The number of hydrogen-bond acceptors (Lipinski definition) is 4. The summed E-state index contributed by atoms with van der Waals surface area (Å²) >= 11 is 6.12. The molecule has 2 fully saturated rings. The lowest BCUT2D eigenvalue weighted by Crippen LogP contribution is -2.40. The molecule has 2 aliphatic rings. The first-order valence-corrected chi connectivity index (χ1v) is 12.4. The van der Waals surface area contributed by atoms with Crippen molar-refractivity contribution in [2.45, 2.75) is 76.9 Å². The molecule has 0 aliphatic heterocycles. The molecule has 0 amide bonds. The normalized spacial score (nSPS) is 18.1. The number of hydrogen-bond donors (Lipinski definition) is 1. The molecule has 0 unspecified atom stereocenters. The van der Waals surface area contributed by atoms with Gasteiger partial charge >= 0.3 is 0 Å². The number of nitrogens with zero attached hydrogens (tertiary/aromatic N) is 1. The average molecular weight is 455 g/mol. The maximum absolute atomic E-state index is 11.2. The van der Waals surface area contributed by atoms with Crippen LogP contribution in [0.1, 0.15) is 70.8 Å².